The number of hydrogen-bond acceptors (Lipinski definition) is 3. The lowest BCUT2D eigenvalue weighted by Gasteiger charge is -2.26. The number of nitrogens with zero attached hydrogens (tertiary/aromatic N) is 1. The van der Waals surface area contributed by atoms with E-state index >= 15 is 0 Å². The quantitative estimate of drug-likeness (QED) is 0.519. The van der Waals surface area contributed by atoms with Gasteiger partial charge in [0.1, 0.15) is 5.02 Å². The summed E-state index contributed by atoms with van der Waals surface area (Å²) in [5.41, 5.74) is -0.260. The fourth-order valence-electron chi connectivity index (χ4n) is 1.82. The maximum absolute atomic E-state index is 11.3. The second-order valence-corrected chi connectivity index (χ2v) is 11.5. The van der Waals surface area contributed by atoms with Crippen LogP contribution in [0, 0.1) is 10.1 Å². The lowest BCUT2D eigenvalue weighted by Crippen LogP contribution is -2.30. The Morgan fingerprint density at radius 1 is 1.42 bits per heavy atom. The molecule has 7 heteroatoms. The van der Waals surface area contributed by atoms with Crippen LogP contribution < -0.4 is 0 Å². The van der Waals surface area contributed by atoms with Gasteiger partial charge in [-0.25, -0.2) is 4.79 Å². The van der Waals surface area contributed by atoms with Crippen molar-refractivity contribution in [2.75, 3.05) is 0 Å². The molecular weight excluding hydrogens is 286 g/mol. The molecule has 1 rings (SSSR count). The van der Waals surface area contributed by atoms with E-state index in [4.69, 9.17) is 11.6 Å². The fourth-order valence-corrected chi connectivity index (χ4v) is 3.22. The van der Waals surface area contributed by atoms with E-state index in [0.717, 1.165) is 0 Å². The first kappa shape index (κ1) is 15.7. The van der Waals surface area contributed by atoms with Crippen LogP contribution in [0.4, 0.5) is 5.69 Å². The van der Waals surface area contributed by atoms with Gasteiger partial charge in [-0.2, -0.15) is 0 Å². The van der Waals surface area contributed by atoms with E-state index < -0.39 is 19.0 Å². The summed E-state index contributed by atoms with van der Waals surface area (Å²) >= 11 is 5.88. The zero-order chi connectivity index (χ0) is 15.0. The Bertz CT molecular complexity index is 539. The van der Waals surface area contributed by atoms with Crippen LogP contribution in [0.15, 0.2) is 12.1 Å². The van der Waals surface area contributed by atoms with Crippen molar-refractivity contribution >= 4 is 31.3 Å². The molecule has 1 unspecified atom stereocenters. The number of carboxylic acid groups (broad SMARTS) is 1. The highest BCUT2D eigenvalue weighted by atomic mass is 35.5. The van der Waals surface area contributed by atoms with Crippen molar-refractivity contribution in [2.45, 2.75) is 32.1 Å². The van der Waals surface area contributed by atoms with Gasteiger partial charge in [-0.3, -0.25) is 10.1 Å². The van der Waals surface area contributed by atoms with E-state index in [9.17, 15) is 20.0 Å². The van der Waals surface area contributed by atoms with Gasteiger partial charge in [-0.05, 0) is 17.7 Å². The van der Waals surface area contributed by atoms with Gasteiger partial charge in [0.05, 0.1) is 18.6 Å². The highest BCUT2D eigenvalue weighted by Crippen LogP contribution is 2.39. The summed E-state index contributed by atoms with van der Waals surface area (Å²) < 4.78 is 0. The topological polar surface area (TPSA) is 80.4 Å². The van der Waals surface area contributed by atoms with Crippen LogP contribution in [-0.2, 0) is 0 Å². The molecule has 1 N–H and O–H groups in total. The molecule has 0 radical (unpaired) electrons. The number of halogens is 1. The molecule has 1 atom stereocenters. The van der Waals surface area contributed by atoms with Gasteiger partial charge in [0.25, 0.3) is 5.69 Å². The molecule has 0 aromatic heterocycles. The van der Waals surface area contributed by atoms with Crippen LogP contribution in [0.3, 0.4) is 0 Å². The lowest BCUT2D eigenvalue weighted by molar-refractivity contribution is -0.385. The minimum atomic E-state index is -1.81. The first-order valence-corrected chi connectivity index (χ1v) is 9.73. The molecule has 104 valence electrons. The molecule has 0 amide bonds. The summed E-state index contributed by atoms with van der Waals surface area (Å²) in [5.74, 6) is -1.17. The third kappa shape index (κ3) is 3.13. The second-order valence-electron chi connectivity index (χ2n) is 5.51. The summed E-state index contributed by atoms with van der Waals surface area (Å²) in [4.78, 5) is 21.9. The van der Waals surface area contributed by atoms with E-state index in [1.54, 1.807) is 0 Å². The van der Waals surface area contributed by atoms with Crippen LogP contribution >= 0.6 is 11.6 Å². The Morgan fingerprint density at radius 3 is 2.32 bits per heavy atom. The van der Waals surface area contributed by atoms with Crippen LogP contribution in [0.5, 0.6) is 0 Å². The van der Waals surface area contributed by atoms with Crippen molar-refractivity contribution in [3.8, 4) is 0 Å². The van der Waals surface area contributed by atoms with Gasteiger partial charge < -0.3 is 5.11 Å². The molecule has 0 aliphatic carbocycles. The van der Waals surface area contributed by atoms with E-state index in [1.807, 2.05) is 26.6 Å². The highest BCUT2D eigenvalue weighted by Gasteiger charge is 2.35. The summed E-state index contributed by atoms with van der Waals surface area (Å²) in [7, 11) is -1.81. The Hall–Kier alpha value is -1.40. The average Bonchev–Trinajstić information content (AvgIpc) is 2.25. The zero-order valence-electron chi connectivity index (χ0n) is 11.2. The van der Waals surface area contributed by atoms with Gasteiger partial charge in [0, 0.05) is 5.56 Å². The SMILES string of the molecule is CC(c1c(C(=O)O)ccc(Cl)c1[N+](=O)[O-])[Si](C)(C)C. The van der Waals surface area contributed by atoms with Crippen LogP contribution in [0.2, 0.25) is 24.7 Å². The number of carbonyl (C=O) groups is 1. The monoisotopic (exact) mass is 301 g/mol. The zero-order valence-corrected chi connectivity index (χ0v) is 13.0. The Kier molecular flexibility index (Phi) is 4.37. The highest BCUT2D eigenvalue weighted by molar-refractivity contribution is 6.77. The third-order valence-corrected chi connectivity index (χ3v) is 6.50. The molecule has 0 aliphatic heterocycles. The molecule has 0 spiro atoms. The average molecular weight is 302 g/mol. The van der Waals surface area contributed by atoms with E-state index in [-0.39, 0.29) is 27.4 Å². The van der Waals surface area contributed by atoms with Crippen molar-refractivity contribution in [1.82, 2.24) is 0 Å². The predicted molar refractivity (Wildman–Crippen MR) is 76.8 cm³/mol. The standard InChI is InChI=1S/C12H16ClNO4Si/c1-7(19(2,3)4)10-8(12(15)16)5-6-9(13)11(10)14(17)18/h5-7H,1-4H3,(H,15,16). The van der Waals surface area contributed by atoms with Gasteiger partial charge in [-0.15, -0.1) is 0 Å². The Labute approximate surface area is 117 Å². The predicted octanol–water partition coefficient (Wildman–Crippen LogP) is 3.93. The largest absolute Gasteiger partial charge is 0.478 e. The number of hydrogen-bond donors (Lipinski definition) is 1. The van der Waals surface area contributed by atoms with Gasteiger partial charge in [0.2, 0.25) is 0 Å². The molecule has 0 heterocycles. The van der Waals surface area contributed by atoms with Crippen molar-refractivity contribution in [3.05, 3.63) is 38.4 Å². The number of rotatable bonds is 4. The van der Waals surface area contributed by atoms with Crippen LogP contribution in [0.1, 0.15) is 28.4 Å². The maximum atomic E-state index is 11.3. The molecule has 0 aliphatic rings. The van der Waals surface area contributed by atoms with Crippen molar-refractivity contribution in [1.29, 1.82) is 0 Å². The summed E-state index contributed by atoms with van der Waals surface area (Å²) in [6.07, 6.45) is 0. The lowest BCUT2D eigenvalue weighted by atomic mass is 10.0. The van der Waals surface area contributed by atoms with Crippen molar-refractivity contribution in [3.63, 3.8) is 0 Å². The molecule has 19 heavy (non-hydrogen) atoms. The molecule has 0 saturated carbocycles. The van der Waals surface area contributed by atoms with Crippen LogP contribution in [0.25, 0.3) is 0 Å². The number of nitro groups is 1. The Balaban J connectivity index is 3.69. The number of carboxylic acids is 1. The minimum Gasteiger partial charge on any atom is -0.478 e. The first-order chi connectivity index (χ1) is 8.57. The fraction of sp³-hybridized carbons (Fsp3) is 0.417. The maximum Gasteiger partial charge on any atom is 0.336 e. The Morgan fingerprint density at radius 2 is 1.95 bits per heavy atom. The van der Waals surface area contributed by atoms with E-state index in [1.165, 1.54) is 12.1 Å². The van der Waals surface area contributed by atoms with Gasteiger partial charge >= 0.3 is 5.97 Å². The van der Waals surface area contributed by atoms with Gasteiger partial charge in [-0.1, -0.05) is 38.2 Å². The molecule has 0 bridgehead atoms. The number of nitro benzene ring substituents is 1. The van der Waals surface area contributed by atoms with E-state index in [2.05, 4.69) is 0 Å². The number of aromatic carboxylic acids is 1. The number of benzene rings is 1. The molecule has 0 fully saturated rings. The first-order valence-electron chi connectivity index (χ1n) is 5.77. The smallest absolute Gasteiger partial charge is 0.336 e. The molecule has 0 saturated heterocycles. The molecule has 5 nitrogen and oxygen atoms in total. The summed E-state index contributed by atoms with van der Waals surface area (Å²) in [5, 5.41) is 20.4. The normalized spacial score (nSPS) is 13.1. The van der Waals surface area contributed by atoms with Crippen LogP contribution in [-0.4, -0.2) is 24.1 Å². The van der Waals surface area contributed by atoms with E-state index in [0.29, 0.717) is 0 Å². The second kappa shape index (κ2) is 5.30. The van der Waals surface area contributed by atoms with Gasteiger partial charge in [0.15, 0.2) is 0 Å². The summed E-state index contributed by atoms with van der Waals surface area (Å²) in [6, 6.07) is 2.60. The van der Waals surface area contributed by atoms with Crippen molar-refractivity contribution < 1.29 is 14.8 Å². The molecular formula is C12H16ClNO4Si. The molecule has 1 aromatic rings. The molecule has 1 aromatic carbocycles. The third-order valence-electron chi connectivity index (χ3n) is 3.31. The summed E-state index contributed by atoms with van der Waals surface area (Å²) in [6.45, 7) is 7.94. The minimum absolute atomic E-state index is 0.0184. The van der Waals surface area contributed by atoms with Crippen molar-refractivity contribution in [2.24, 2.45) is 0 Å².